The van der Waals surface area contributed by atoms with E-state index in [1.807, 2.05) is 18.4 Å². The maximum Gasteiger partial charge on any atom is 0.407 e. The Bertz CT molecular complexity index is 442. The van der Waals surface area contributed by atoms with Gasteiger partial charge in [-0.05, 0) is 18.9 Å². The summed E-state index contributed by atoms with van der Waals surface area (Å²) >= 11 is 5.66. The summed E-state index contributed by atoms with van der Waals surface area (Å²) in [6.07, 6.45) is 1.77. The van der Waals surface area contributed by atoms with Crippen molar-refractivity contribution in [3.8, 4) is 0 Å². The molecule has 86 valence electrons. The lowest BCUT2D eigenvalue weighted by Gasteiger charge is -2.30. The summed E-state index contributed by atoms with van der Waals surface area (Å²) in [6.45, 7) is 2.35. The molecule has 4 nitrogen and oxygen atoms in total. The summed E-state index contributed by atoms with van der Waals surface area (Å²) in [7, 11) is 0. The van der Waals surface area contributed by atoms with Gasteiger partial charge in [-0.3, -0.25) is 0 Å². The van der Waals surface area contributed by atoms with Crippen LogP contribution in [0.3, 0.4) is 0 Å². The fourth-order valence-electron chi connectivity index (χ4n) is 1.79. The van der Waals surface area contributed by atoms with Crippen LogP contribution in [0.2, 0.25) is 0 Å². The molecule has 0 saturated carbocycles. The molecule has 0 unspecified atom stereocenters. The molecule has 0 aliphatic carbocycles. The van der Waals surface area contributed by atoms with Crippen LogP contribution < -0.4 is 0 Å². The smallest absolute Gasteiger partial charge is 0.407 e. The highest BCUT2D eigenvalue weighted by atomic mass is 32.2. The standard InChI is InChI=1S/C10H12N2O2S2/c1-6-4-7(2-3-12(6)10(13)14)8-5-16-9(15)11-8/h2,5-6H,3-4H2,1H3,(H,11,15)(H,13,14)/t6-/m0/s1. The van der Waals surface area contributed by atoms with E-state index in [0.29, 0.717) is 13.0 Å². The van der Waals surface area contributed by atoms with Gasteiger partial charge in [0.1, 0.15) is 4.34 Å². The number of carboxylic acid groups (broad SMARTS) is 1. The number of hydrogen-bond acceptors (Lipinski definition) is 4. The van der Waals surface area contributed by atoms with Crippen molar-refractivity contribution in [3.05, 3.63) is 17.2 Å². The SMILES string of the molecule is C[C@H]1CC(c2csc(S)n2)=CCN1C(=O)O. The molecule has 0 bridgehead atoms. The van der Waals surface area contributed by atoms with Crippen molar-refractivity contribution in [1.29, 1.82) is 0 Å². The second kappa shape index (κ2) is 4.47. The number of thiol groups is 1. The van der Waals surface area contributed by atoms with Gasteiger partial charge in [-0.1, -0.05) is 6.08 Å². The second-order valence-electron chi connectivity index (χ2n) is 3.73. The van der Waals surface area contributed by atoms with Crippen LogP contribution >= 0.6 is 24.0 Å². The van der Waals surface area contributed by atoms with Crippen LogP contribution in [0.4, 0.5) is 4.79 Å². The van der Waals surface area contributed by atoms with Gasteiger partial charge in [-0.15, -0.1) is 24.0 Å². The van der Waals surface area contributed by atoms with E-state index in [-0.39, 0.29) is 6.04 Å². The predicted molar refractivity (Wildman–Crippen MR) is 66.2 cm³/mol. The molecule has 1 aliphatic rings. The van der Waals surface area contributed by atoms with Gasteiger partial charge in [-0.2, -0.15) is 0 Å². The van der Waals surface area contributed by atoms with Gasteiger partial charge in [0.15, 0.2) is 0 Å². The number of thiazole rings is 1. The van der Waals surface area contributed by atoms with E-state index in [2.05, 4.69) is 17.6 Å². The van der Waals surface area contributed by atoms with Gasteiger partial charge < -0.3 is 10.0 Å². The Hall–Kier alpha value is -1.01. The van der Waals surface area contributed by atoms with Crippen LogP contribution in [0.1, 0.15) is 19.0 Å². The fourth-order valence-corrected chi connectivity index (χ4v) is 2.63. The third-order valence-corrected chi connectivity index (χ3v) is 3.71. The molecule has 0 radical (unpaired) electrons. The van der Waals surface area contributed by atoms with E-state index >= 15 is 0 Å². The first kappa shape index (κ1) is 11.5. The normalized spacial score (nSPS) is 20.8. The van der Waals surface area contributed by atoms with Gasteiger partial charge in [0, 0.05) is 18.0 Å². The van der Waals surface area contributed by atoms with Crippen LogP contribution in [0.5, 0.6) is 0 Å². The fraction of sp³-hybridized carbons (Fsp3) is 0.400. The molecule has 0 fully saturated rings. The third kappa shape index (κ3) is 2.22. The molecule has 1 N–H and O–H groups in total. The minimum absolute atomic E-state index is 0.00238. The highest BCUT2D eigenvalue weighted by Crippen LogP contribution is 2.28. The Kier molecular flexibility index (Phi) is 3.20. The van der Waals surface area contributed by atoms with Gasteiger partial charge in [0.25, 0.3) is 0 Å². The molecule has 1 atom stereocenters. The molecule has 6 heteroatoms. The molecular weight excluding hydrogens is 244 g/mol. The summed E-state index contributed by atoms with van der Waals surface area (Å²) in [5.74, 6) is 0. The van der Waals surface area contributed by atoms with Gasteiger partial charge in [0.2, 0.25) is 0 Å². The molecule has 1 aromatic heterocycles. The zero-order chi connectivity index (χ0) is 11.7. The van der Waals surface area contributed by atoms with Gasteiger partial charge >= 0.3 is 6.09 Å². The third-order valence-electron chi connectivity index (χ3n) is 2.65. The Morgan fingerprint density at radius 2 is 2.50 bits per heavy atom. The summed E-state index contributed by atoms with van der Waals surface area (Å²) in [5, 5.41) is 10.9. The number of rotatable bonds is 1. The van der Waals surface area contributed by atoms with Crippen LogP contribution in [0.25, 0.3) is 5.57 Å². The van der Waals surface area contributed by atoms with Crippen molar-refractivity contribution in [3.63, 3.8) is 0 Å². The Morgan fingerprint density at radius 3 is 3.00 bits per heavy atom. The van der Waals surface area contributed by atoms with E-state index in [1.54, 1.807) is 0 Å². The minimum Gasteiger partial charge on any atom is -0.465 e. The van der Waals surface area contributed by atoms with E-state index < -0.39 is 6.09 Å². The van der Waals surface area contributed by atoms with E-state index in [4.69, 9.17) is 5.11 Å². The highest BCUT2D eigenvalue weighted by molar-refractivity contribution is 7.82. The first-order valence-corrected chi connectivity index (χ1v) is 6.24. The van der Waals surface area contributed by atoms with Crippen LogP contribution in [0, 0.1) is 0 Å². The average Bonchev–Trinajstić information content (AvgIpc) is 2.64. The maximum atomic E-state index is 10.9. The Labute approximate surface area is 103 Å². The first-order chi connectivity index (χ1) is 7.58. The largest absolute Gasteiger partial charge is 0.465 e. The summed E-state index contributed by atoms with van der Waals surface area (Å²) < 4.78 is 0.740. The average molecular weight is 256 g/mol. The number of nitrogens with zero attached hydrogens (tertiary/aromatic N) is 2. The molecule has 1 aliphatic heterocycles. The molecule has 0 saturated heterocycles. The van der Waals surface area contributed by atoms with Crippen molar-refractivity contribution in [2.75, 3.05) is 6.54 Å². The first-order valence-electron chi connectivity index (χ1n) is 4.91. The summed E-state index contributed by atoms with van der Waals surface area (Å²) in [5.41, 5.74) is 2.04. The lowest BCUT2D eigenvalue weighted by atomic mass is 10.00. The molecule has 0 aromatic carbocycles. The Balaban J connectivity index is 2.18. The molecule has 0 spiro atoms. The molecular formula is C10H12N2O2S2. The monoisotopic (exact) mass is 256 g/mol. The van der Waals surface area contributed by atoms with Crippen molar-refractivity contribution in [2.24, 2.45) is 0 Å². The molecule has 2 rings (SSSR count). The lowest BCUT2D eigenvalue weighted by molar-refractivity contribution is 0.133. The maximum absolute atomic E-state index is 10.9. The number of carbonyl (C=O) groups is 1. The van der Waals surface area contributed by atoms with Crippen LogP contribution in [0.15, 0.2) is 15.8 Å². The van der Waals surface area contributed by atoms with Crippen molar-refractivity contribution >= 4 is 35.6 Å². The number of amides is 1. The van der Waals surface area contributed by atoms with E-state index in [0.717, 1.165) is 15.6 Å². The van der Waals surface area contributed by atoms with Crippen molar-refractivity contribution in [2.45, 2.75) is 23.7 Å². The molecule has 1 aromatic rings. The minimum atomic E-state index is -0.865. The number of aromatic nitrogens is 1. The predicted octanol–water partition coefficient (Wildman–Crippen LogP) is 2.59. The topological polar surface area (TPSA) is 53.4 Å². The lowest BCUT2D eigenvalue weighted by Crippen LogP contribution is -2.40. The highest BCUT2D eigenvalue weighted by Gasteiger charge is 2.24. The summed E-state index contributed by atoms with van der Waals surface area (Å²) in [4.78, 5) is 16.6. The van der Waals surface area contributed by atoms with E-state index in [1.165, 1.54) is 16.2 Å². The van der Waals surface area contributed by atoms with Gasteiger partial charge in [0.05, 0.1) is 5.69 Å². The Morgan fingerprint density at radius 1 is 1.75 bits per heavy atom. The zero-order valence-corrected chi connectivity index (χ0v) is 10.5. The van der Waals surface area contributed by atoms with E-state index in [9.17, 15) is 4.79 Å². The van der Waals surface area contributed by atoms with Gasteiger partial charge in [-0.25, -0.2) is 9.78 Å². The van der Waals surface area contributed by atoms with Crippen LogP contribution in [-0.2, 0) is 0 Å². The second-order valence-corrected chi connectivity index (χ2v) is 5.32. The molecule has 16 heavy (non-hydrogen) atoms. The van der Waals surface area contributed by atoms with Crippen LogP contribution in [-0.4, -0.2) is 33.7 Å². The number of hydrogen-bond donors (Lipinski definition) is 2. The van der Waals surface area contributed by atoms with Crippen molar-refractivity contribution in [1.82, 2.24) is 9.88 Å². The van der Waals surface area contributed by atoms with Crippen molar-refractivity contribution < 1.29 is 9.90 Å². The molecule has 2 heterocycles. The molecule has 1 amide bonds. The quantitative estimate of drug-likeness (QED) is 0.759. The summed E-state index contributed by atoms with van der Waals surface area (Å²) in [6, 6.07) is 0.00238. The zero-order valence-electron chi connectivity index (χ0n) is 8.75.